The molecular weight excluding hydrogens is 628 g/mol. The molecule has 0 amide bonds. The van der Waals surface area contributed by atoms with E-state index >= 15 is 0 Å². The summed E-state index contributed by atoms with van der Waals surface area (Å²) in [6.07, 6.45) is 1.77. The van der Waals surface area contributed by atoms with Crippen molar-refractivity contribution in [2.45, 2.75) is 26.5 Å². The Morgan fingerprint density at radius 3 is 2.59 bits per heavy atom. The molecule has 10 heteroatoms. The minimum atomic E-state index is -0.781. The molecule has 0 bridgehead atoms. The second-order valence-electron chi connectivity index (χ2n) is 9.13. The lowest BCUT2D eigenvalue weighted by Crippen LogP contribution is -2.40. The Kier molecular flexibility index (Phi) is 8.77. The number of fused-ring (bicyclic) bond motifs is 1. The number of halogens is 2. The number of rotatable bonds is 8. The van der Waals surface area contributed by atoms with Crippen LogP contribution in [0.25, 0.3) is 6.08 Å². The van der Waals surface area contributed by atoms with Crippen molar-refractivity contribution in [2.75, 3.05) is 13.7 Å². The highest BCUT2D eigenvalue weighted by molar-refractivity contribution is 9.10. The van der Waals surface area contributed by atoms with E-state index in [0.717, 1.165) is 11.1 Å². The molecule has 210 valence electrons. The van der Waals surface area contributed by atoms with Crippen molar-refractivity contribution in [1.29, 1.82) is 0 Å². The van der Waals surface area contributed by atoms with Crippen LogP contribution in [-0.4, -0.2) is 24.3 Å². The molecule has 1 aliphatic heterocycles. The normalized spacial score (nSPS) is 14.9. The molecule has 0 radical (unpaired) electrons. The molecule has 0 aliphatic carbocycles. The van der Waals surface area contributed by atoms with Gasteiger partial charge in [-0.15, -0.1) is 0 Å². The van der Waals surface area contributed by atoms with Crippen LogP contribution in [0.5, 0.6) is 11.5 Å². The molecule has 2 heterocycles. The van der Waals surface area contributed by atoms with E-state index in [1.165, 1.54) is 15.9 Å². The van der Waals surface area contributed by atoms with Gasteiger partial charge in [0.05, 0.1) is 34.0 Å². The average Bonchev–Trinajstić information content (AvgIpc) is 3.26. The molecule has 4 aromatic rings. The summed E-state index contributed by atoms with van der Waals surface area (Å²) >= 11 is 11.4. The fourth-order valence-electron chi connectivity index (χ4n) is 4.63. The average molecular weight is 654 g/mol. The third kappa shape index (κ3) is 5.88. The first-order valence-electron chi connectivity index (χ1n) is 12.8. The lowest BCUT2D eigenvalue weighted by Gasteiger charge is -2.25. The van der Waals surface area contributed by atoms with E-state index in [-0.39, 0.29) is 17.7 Å². The second kappa shape index (κ2) is 12.5. The number of hydrogen-bond donors (Lipinski definition) is 0. The Morgan fingerprint density at radius 1 is 1.15 bits per heavy atom. The number of ether oxygens (including phenoxy) is 3. The molecule has 0 N–H and O–H groups in total. The number of aromatic nitrogens is 1. The fraction of sp³-hybridized carbons (Fsp3) is 0.194. The topological polar surface area (TPSA) is 79.1 Å². The van der Waals surface area contributed by atoms with Gasteiger partial charge in [-0.05, 0) is 70.7 Å². The molecule has 0 unspecified atom stereocenters. The maximum absolute atomic E-state index is 13.9. The largest absolute Gasteiger partial charge is 0.493 e. The Morgan fingerprint density at radius 2 is 1.88 bits per heavy atom. The highest BCUT2D eigenvalue weighted by Gasteiger charge is 2.34. The van der Waals surface area contributed by atoms with Crippen LogP contribution in [0.2, 0.25) is 5.02 Å². The maximum Gasteiger partial charge on any atom is 0.338 e. The molecular formula is C31H26BrClN2O5S. The number of benzene rings is 3. The molecule has 0 saturated carbocycles. The number of methoxy groups -OCH3 is 1. The Labute approximate surface area is 254 Å². The summed E-state index contributed by atoms with van der Waals surface area (Å²) in [4.78, 5) is 32.1. The summed E-state index contributed by atoms with van der Waals surface area (Å²) in [6, 6.07) is 19.9. The first-order chi connectivity index (χ1) is 19.8. The van der Waals surface area contributed by atoms with Gasteiger partial charge in [-0.2, -0.15) is 0 Å². The van der Waals surface area contributed by atoms with Crippen LogP contribution in [0.15, 0.2) is 92.3 Å². The number of esters is 1. The zero-order valence-electron chi connectivity index (χ0n) is 22.5. The molecule has 0 spiro atoms. The van der Waals surface area contributed by atoms with Crippen LogP contribution >= 0.6 is 38.9 Å². The van der Waals surface area contributed by atoms with Crippen molar-refractivity contribution in [2.24, 2.45) is 4.99 Å². The fourth-order valence-corrected chi connectivity index (χ4v) is 6.49. The smallest absolute Gasteiger partial charge is 0.338 e. The first-order valence-corrected chi connectivity index (χ1v) is 14.8. The zero-order valence-corrected chi connectivity index (χ0v) is 25.7. The summed E-state index contributed by atoms with van der Waals surface area (Å²) < 4.78 is 19.7. The van der Waals surface area contributed by atoms with Gasteiger partial charge in [-0.1, -0.05) is 71.5 Å². The third-order valence-electron chi connectivity index (χ3n) is 6.49. The van der Waals surface area contributed by atoms with E-state index in [4.69, 9.17) is 25.8 Å². The molecule has 0 fully saturated rings. The standard InChI is InChI=1S/C31H26BrClN2O5S/c1-4-39-30(37)26-18(2)34-31-35(27(26)21-12-8-9-13-23(21)33)29(36)25(41-31)16-20-14-22(32)28(24(15-20)38-3)40-17-19-10-6-5-7-11-19/h5-16,27H,4,17H2,1-3H3/b25-16-/t27-/m0/s1. The van der Waals surface area contributed by atoms with Crippen LogP contribution < -0.4 is 24.4 Å². The third-order valence-corrected chi connectivity index (χ3v) is 8.41. The van der Waals surface area contributed by atoms with Crippen LogP contribution in [0.1, 0.15) is 36.6 Å². The van der Waals surface area contributed by atoms with E-state index in [1.54, 1.807) is 45.2 Å². The van der Waals surface area contributed by atoms with Crippen LogP contribution in [0.3, 0.4) is 0 Å². The first kappa shape index (κ1) is 28.9. The SMILES string of the molecule is CCOC(=O)C1=C(C)N=c2s/c(=C\c3cc(Br)c(OCc4ccccc4)c(OC)c3)c(=O)n2[C@H]1c1ccccc1Cl. The van der Waals surface area contributed by atoms with Crippen LogP contribution in [0.4, 0.5) is 0 Å². The molecule has 0 saturated heterocycles. The number of nitrogens with zero attached hydrogens (tertiary/aromatic N) is 2. The van der Waals surface area contributed by atoms with E-state index in [1.807, 2.05) is 48.5 Å². The minimum absolute atomic E-state index is 0.192. The molecule has 1 aliphatic rings. The van der Waals surface area contributed by atoms with Gasteiger partial charge in [0.25, 0.3) is 5.56 Å². The monoisotopic (exact) mass is 652 g/mol. The lowest BCUT2D eigenvalue weighted by molar-refractivity contribution is -0.139. The highest BCUT2D eigenvalue weighted by Crippen LogP contribution is 2.38. The Balaban J connectivity index is 1.60. The molecule has 1 atom stereocenters. The quantitative estimate of drug-likeness (QED) is 0.225. The van der Waals surface area contributed by atoms with Crippen molar-refractivity contribution in [1.82, 2.24) is 4.57 Å². The Hall–Kier alpha value is -3.66. The number of thiazole rings is 1. The van der Waals surface area contributed by atoms with Crippen molar-refractivity contribution in [3.05, 3.63) is 124 Å². The van der Waals surface area contributed by atoms with E-state index in [2.05, 4.69) is 20.9 Å². The summed E-state index contributed by atoms with van der Waals surface area (Å²) in [6.45, 7) is 4.04. The van der Waals surface area contributed by atoms with Gasteiger partial charge in [-0.3, -0.25) is 9.36 Å². The summed E-state index contributed by atoms with van der Waals surface area (Å²) in [5.74, 6) is 0.541. The van der Waals surface area contributed by atoms with E-state index in [9.17, 15) is 9.59 Å². The van der Waals surface area contributed by atoms with Gasteiger partial charge in [0.2, 0.25) is 0 Å². The predicted octanol–water partition coefficient (Wildman–Crippen LogP) is 5.80. The van der Waals surface area contributed by atoms with Gasteiger partial charge in [0.1, 0.15) is 12.6 Å². The van der Waals surface area contributed by atoms with E-state index in [0.29, 0.717) is 48.2 Å². The zero-order chi connectivity index (χ0) is 29.1. The van der Waals surface area contributed by atoms with Gasteiger partial charge in [0.15, 0.2) is 16.3 Å². The van der Waals surface area contributed by atoms with Crippen LogP contribution in [-0.2, 0) is 16.1 Å². The van der Waals surface area contributed by atoms with E-state index < -0.39 is 12.0 Å². The molecule has 3 aromatic carbocycles. The summed E-state index contributed by atoms with van der Waals surface area (Å²) in [7, 11) is 1.57. The molecule has 1 aromatic heterocycles. The van der Waals surface area contributed by atoms with Gasteiger partial charge in [0, 0.05) is 5.02 Å². The number of carbonyl (C=O) groups is 1. The molecule has 41 heavy (non-hydrogen) atoms. The molecule has 7 nitrogen and oxygen atoms in total. The van der Waals surface area contributed by atoms with Crippen molar-refractivity contribution in [3.8, 4) is 11.5 Å². The molecule has 5 rings (SSSR count). The predicted molar refractivity (Wildman–Crippen MR) is 163 cm³/mol. The van der Waals surface area contributed by atoms with Gasteiger partial charge < -0.3 is 14.2 Å². The van der Waals surface area contributed by atoms with Gasteiger partial charge in [-0.25, -0.2) is 9.79 Å². The van der Waals surface area contributed by atoms with Crippen molar-refractivity contribution < 1.29 is 19.0 Å². The lowest BCUT2D eigenvalue weighted by atomic mass is 9.96. The minimum Gasteiger partial charge on any atom is -0.493 e. The number of carbonyl (C=O) groups excluding carboxylic acids is 1. The second-order valence-corrected chi connectivity index (χ2v) is 11.4. The van der Waals surface area contributed by atoms with Gasteiger partial charge >= 0.3 is 5.97 Å². The van der Waals surface area contributed by atoms with Crippen molar-refractivity contribution >= 4 is 50.9 Å². The maximum atomic E-state index is 13.9. The van der Waals surface area contributed by atoms with Crippen molar-refractivity contribution in [3.63, 3.8) is 0 Å². The summed E-state index contributed by atoms with van der Waals surface area (Å²) in [5, 5.41) is 0.434. The number of hydrogen-bond acceptors (Lipinski definition) is 7. The Bertz CT molecular complexity index is 1830. The van der Waals surface area contributed by atoms with Crippen LogP contribution in [0, 0.1) is 0 Å². The summed E-state index contributed by atoms with van der Waals surface area (Å²) in [5.41, 5.74) is 2.82. The number of allylic oxidation sites excluding steroid dienone is 1. The highest BCUT2D eigenvalue weighted by atomic mass is 79.9.